The van der Waals surface area contributed by atoms with Crippen LogP contribution in [0.5, 0.6) is 0 Å². The molecule has 0 aliphatic rings. The number of aromatic nitrogens is 4. The monoisotopic (exact) mass is 444 g/mol. The number of hydrogen-bond acceptors (Lipinski definition) is 6. The van der Waals surface area contributed by atoms with E-state index in [1.54, 1.807) is 35.9 Å². The first-order chi connectivity index (χ1) is 13.7. The van der Waals surface area contributed by atoms with Crippen LogP contribution in [0, 0.1) is 0 Å². The van der Waals surface area contributed by atoms with Crippen LogP contribution in [0.15, 0.2) is 71.0 Å². The first kappa shape index (κ1) is 19.5. The first-order valence-electron chi connectivity index (χ1n) is 8.41. The van der Waals surface area contributed by atoms with Crippen molar-refractivity contribution in [3.05, 3.63) is 82.1 Å². The highest BCUT2D eigenvalue weighted by Crippen LogP contribution is 2.31. The van der Waals surface area contributed by atoms with Gasteiger partial charge in [0, 0.05) is 33.9 Å². The van der Waals surface area contributed by atoms with Crippen molar-refractivity contribution < 1.29 is 0 Å². The number of benzene rings is 2. The Labute approximate surface area is 181 Å². The van der Waals surface area contributed by atoms with Crippen molar-refractivity contribution in [2.75, 3.05) is 0 Å². The van der Waals surface area contributed by atoms with Gasteiger partial charge in [-0.2, -0.15) is 0 Å². The minimum absolute atomic E-state index is 0.729. The minimum atomic E-state index is 0.729. The zero-order valence-corrected chi connectivity index (χ0v) is 17.7. The van der Waals surface area contributed by atoms with Gasteiger partial charge in [0.05, 0.1) is 0 Å². The molecular formula is C20H14Cl2N4S2. The summed E-state index contributed by atoms with van der Waals surface area (Å²) in [5.74, 6) is 1.52. The van der Waals surface area contributed by atoms with Gasteiger partial charge in [-0.1, -0.05) is 71.0 Å². The number of thioether (sulfide) groups is 2. The van der Waals surface area contributed by atoms with Crippen LogP contribution in [0.2, 0.25) is 10.0 Å². The van der Waals surface area contributed by atoms with Crippen molar-refractivity contribution in [1.29, 1.82) is 0 Å². The molecule has 4 nitrogen and oxygen atoms in total. The predicted molar refractivity (Wildman–Crippen MR) is 117 cm³/mol. The van der Waals surface area contributed by atoms with Gasteiger partial charge in [-0.25, -0.2) is 9.97 Å². The number of rotatable bonds is 6. The summed E-state index contributed by atoms with van der Waals surface area (Å²) < 4.78 is 0. The summed E-state index contributed by atoms with van der Waals surface area (Å²) in [4.78, 5) is 8.99. The molecule has 0 spiro atoms. The molecule has 4 rings (SSSR count). The summed E-state index contributed by atoms with van der Waals surface area (Å²) >= 11 is 15.1. The molecule has 2 aromatic heterocycles. The number of halogens is 2. The third-order valence-electron chi connectivity index (χ3n) is 3.91. The summed E-state index contributed by atoms with van der Waals surface area (Å²) in [5.41, 5.74) is 3.87. The van der Waals surface area contributed by atoms with Gasteiger partial charge in [0.1, 0.15) is 21.1 Å². The average Bonchev–Trinajstić information content (AvgIpc) is 2.73. The van der Waals surface area contributed by atoms with E-state index in [2.05, 4.69) is 20.2 Å². The largest absolute Gasteiger partial charge is 0.250 e. The number of fused-ring (bicyclic) bond motifs is 1. The number of hydrogen-bond donors (Lipinski definition) is 0. The van der Waals surface area contributed by atoms with E-state index < -0.39 is 0 Å². The van der Waals surface area contributed by atoms with E-state index in [0.717, 1.165) is 53.8 Å². The fourth-order valence-electron chi connectivity index (χ4n) is 2.50. The second-order valence-electron chi connectivity index (χ2n) is 5.89. The van der Waals surface area contributed by atoms with Gasteiger partial charge in [-0.05, 0) is 35.4 Å². The maximum atomic E-state index is 5.95. The Morgan fingerprint density at radius 1 is 0.607 bits per heavy atom. The van der Waals surface area contributed by atoms with Crippen LogP contribution in [0.3, 0.4) is 0 Å². The second-order valence-corrected chi connectivity index (χ2v) is 8.70. The van der Waals surface area contributed by atoms with Crippen LogP contribution in [0.25, 0.3) is 11.0 Å². The highest BCUT2D eigenvalue weighted by molar-refractivity contribution is 7.99. The zero-order valence-electron chi connectivity index (χ0n) is 14.5. The molecule has 0 atom stereocenters. The average molecular weight is 445 g/mol. The third-order valence-corrected chi connectivity index (χ3v) is 6.47. The third kappa shape index (κ3) is 4.75. The van der Waals surface area contributed by atoms with Crippen LogP contribution < -0.4 is 0 Å². The molecule has 2 aromatic carbocycles. The molecule has 0 saturated carbocycles. The lowest BCUT2D eigenvalue weighted by molar-refractivity contribution is 0.870. The van der Waals surface area contributed by atoms with Gasteiger partial charge in [-0.15, -0.1) is 10.2 Å². The molecule has 140 valence electrons. The SMILES string of the molecule is Clc1ccc(CSc2nnc(SCc3ccc(Cl)cc3)c3nccnc23)cc1. The van der Waals surface area contributed by atoms with Crippen molar-refractivity contribution in [2.45, 2.75) is 21.6 Å². The highest BCUT2D eigenvalue weighted by atomic mass is 35.5. The fourth-order valence-corrected chi connectivity index (χ4v) is 4.51. The van der Waals surface area contributed by atoms with Crippen molar-refractivity contribution in [2.24, 2.45) is 0 Å². The molecule has 0 unspecified atom stereocenters. The van der Waals surface area contributed by atoms with Gasteiger partial charge in [0.2, 0.25) is 0 Å². The van der Waals surface area contributed by atoms with Crippen molar-refractivity contribution >= 4 is 57.8 Å². The maximum Gasteiger partial charge on any atom is 0.147 e. The van der Waals surface area contributed by atoms with Gasteiger partial charge in [0.25, 0.3) is 0 Å². The minimum Gasteiger partial charge on any atom is -0.250 e. The Morgan fingerprint density at radius 2 is 1.00 bits per heavy atom. The Kier molecular flexibility index (Phi) is 6.32. The van der Waals surface area contributed by atoms with E-state index in [1.807, 2.05) is 48.5 Å². The smallest absolute Gasteiger partial charge is 0.147 e. The summed E-state index contributed by atoms with van der Waals surface area (Å²) in [6, 6.07) is 15.6. The van der Waals surface area contributed by atoms with Crippen LogP contribution in [-0.2, 0) is 11.5 Å². The lowest BCUT2D eigenvalue weighted by Crippen LogP contribution is -1.97. The van der Waals surface area contributed by atoms with Crippen molar-refractivity contribution in [3.63, 3.8) is 0 Å². The molecule has 2 heterocycles. The van der Waals surface area contributed by atoms with Crippen LogP contribution in [-0.4, -0.2) is 20.2 Å². The molecular weight excluding hydrogens is 431 g/mol. The van der Waals surface area contributed by atoms with Crippen LogP contribution >= 0.6 is 46.7 Å². The molecule has 4 aromatic rings. The Bertz CT molecular complexity index is 1000. The molecule has 0 fully saturated rings. The quantitative estimate of drug-likeness (QED) is 0.324. The van der Waals surface area contributed by atoms with E-state index >= 15 is 0 Å². The summed E-state index contributed by atoms with van der Waals surface area (Å²) in [5, 5.41) is 11.8. The first-order valence-corrected chi connectivity index (χ1v) is 11.1. The van der Waals surface area contributed by atoms with E-state index in [4.69, 9.17) is 23.2 Å². The number of nitrogens with zero attached hydrogens (tertiary/aromatic N) is 4. The maximum absolute atomic E-state index is 5.95. The van der Waals surface area contributed by atoms with Gasteiger partial charge >= 0.3 is 0 Å². The highest BCUT2D eigenvalue weighted by Gasteiger charge is 2.13. The Hall–Kier alpha value is -1.86. The second kappa shape index (κ2) is 9.09. The zero-order chi connectivity index (χ0) is 19.3. The van der Waals surface area contributed by atoms with Gasteiger partial charge in [0.15, 0.2) is 0 Å². The molecule has 0 radical (unpaired) electrons. The molecule has 8 heteroatoms. The lowest BCUT2D eigenvalue weighted by atomic mass is 10.2. The molecule has 0 saturated heterocycles. The predicted octanol–water partition coefficient (Wildman–Crippen LogP) is 6.31. The fraction of sp³-hybridized carbons (Fsp3) is 0.100. The Morgan fingerprint density at radius 3 is 1.39 bits per heavy atom. The normalized spacial score (nSPS) is 11.1. The standard InChI is InChI=1S/C20H14Cl2N4S2/c21-15-5-1-13(2-6-15)11-27-19-17-18(24-10-9-23-17)20(26-25-19)28-12-14-3-7-16(22)8-4-14/h1-10H,11-12H2. The van der Waals surface area contributed by atoms with E-state index in [0.29, 0.717) is 0 Å². The summed E-state index contributed by atoms with van der Waals surface area (Å²) in [6.45, 7) is 0. The van der Waals surface area contributed by atoms with E-state index in [1.165, 1.54) is 0 Å². The van der Waals surface area contributed by atoms with E-state index in [9.17, 15) is 0 Å². The Balaban J connectivity index is 1.54. The molecule has 0 aliphatic carbocycles. The van der Waals surface area contributed by atoms with Crippen molar-refractivity contribution in [1.82, 2.24) is 20.2 Å². The molecule has 0 bridgehead atoms. The van der Waals surface area contributed by atoms with E-state index in [-0.39, 0.29) is 0 Å². The molecule has 0 N–H and O–H groups in total. The topological polar surface area (TPSA) is 51.6 Å². The molecule has 0 aliphatic heterocycles. The van der Waals surface area contributed by atoms with Crippen LogP contribution in [0.4, 0.5) is 0 Å². The van der Waals surface area contributed by atoms with Crippen molar-refractivity contribution in [3.8, 4) is 0 Å². The van der Waals surface area contributed by atoms with Gasteiger partial charge < -0.3 is 0 Å². The summed E-state index contributed by atoms with van der Waals surface area (Å²) in [7, 11) is 0. The molecule has 0 amide bonds. The summed E-state index contributed by atoms with van der Waals surface area (Å²) in [6.07, 6.45) is 3.37. The molecule has 28 heavy (non-hydrogen) atoms. The lowest BCUT2D eigenvalue weighted by Gasteiger charge is -2.07. The van der Waals surface area contributed by atoms with Gasteiger partial charge in [-0.3, -0.25) is 0 Å². The van der Waals surface area contributed by atoms with Crippen LogP contribution in [0.1, 0.15) is 11.1 Å².